The van der Waals surface area contributed by atoms with Gasteiger partial charge in [-0.1, -0.05) is 0 Å². The van der Waals surface area contributed by atoms with Crippen molar-refractivity contribution < 1.29 is 0 Å². The summed E-state index contributed by atoms with van der Waals surface area (Å²) in [6, 6.07) is 9.07. The van der Waals surface area contributed by atoms with Crippen LogP contribution in [0, 0.1) is 6.92 Å². The van der Waals surface area contributed by atoms with E-state index in [0.29, 0.717) is 0 Å². The number of pyridine rings is 1. The molecular weight excluding hydrogens is 315 g/mol. The molecule has 110 valence electrons. The van der Waals surface area contributed by atoms with Crippen LogP contribution in [-0.4, -0.2) is 18.3 Å². The average molecular weight is 340 g/mol. The monoisotopic (exact) mass is 341 g/mol. The molecule has 2 aromatic rings. The molecule has 0 unspecified atom stereocenters. The summed E-state index contributed by atoms with van der Waals surface area (Å²) >= 11 is -1.80. The minimum atomic E-state index is -1.80. The van der Waals surface area contributed by atoms with E-state index < -0.39 is 13.3 Å². The van der Waals surface area contributed by atoms with Gasteiger partial charge in [0.25, 0.3) is 0 Å². The topological polar surface area (TPSA) is 12.9 Å². The van der Waals surface area contributed by atoms with Crippen LogP contribution in [0.4, 0.5) is 0 Å². The third kappa shape index (κ3) is 2.94. The number of fused-ring (bicyclic) bond motifs is 1. The SMILES string of the molecule is Cc1cc(-c2cccc3c2CCCC3)nc[c]1[Ge]([CH3])([CH3])[CH3]. The van der Waals surface area contributed by atoms with Crippen LogP contribution in [0.2, 0.25) is 17.3 Å². The van der Waals surface area contributed by atoms with Gasteiger partial charge < -0.3 is 0 Å². The molecule has 1 aromatic carbocycles. The second-order valence-corrected chi connectivity index (χ2v) is 17.9. The molecule has 1 aliphatic carbocycles. The Morgan fingerprint density at radius 1 is 1.05 bits per heavy atom. The van der Waals surface area contributed by atoms with Crippen molar-refractivity contribution in [2.75, 3.05) is 0 Å². The van der Waals surface area contributed by atoms with Crippen LogP contribution in [0.25, 0.3) is 11.3 Å². The number of nitrogens with zero attached hydrogens (tertiary/aromatic N) is 1. The first-order valence-corrected chi connectivity index (χ1v) is 15.4. The number of hydrogen-bond donors (Lipinski definition) is 0. The van der Waals surface area contributed by atoms with Crippen LogP contribution in [0.15, 0.2) is 30.5 Å². The number of benzene rings is 1. The van der Waals surface area contributed by atoms with Gasteiger partial charge in [-0.3, -0.25) is 0 Å². The van der Waals surface area contributed by atoms with Crippen molar-refractivity contribution in [2.24, 2.45) is 0 Å². The molecule has 1 aliphatic rings. The molecule has 1 aromatic heterocycles. The molecule has 0 fully saturated rings. The van der Waals surface area contributed by atoms with Gasteiger partial charge in [-0.25, -0.2) is 0 Å². The predicted octanol–water partition coefficient (Wildman–Crippen LogP) is 4.48. The van der Waals surface area contributed by atoms with E-state index in [9.17, 15) is 0 Å². The fourth-order valence-electron chi connectivity index (χ4n) is 3.51. The molecule has 0 N–H and O–H groups in total. The van der Waals surface area contributed by atoms with Gasteiger partial charge in [-0.15, -0.1) is 0 Å². The summed E-state index contributed by atoms with van der Waals surface area (Å²) in [6.45, 7) is 2.26. The van der Waals surface area contributed by atoms with E-state index in [1.165, 1.54) is 52.5 Å². The molecule has 3 rings (SSSR count). The molecule has 0 saturated heterocycles. The zero-order valence-corrected chi connectivity index (χ0v) is 15.8. The summed E-state index contributed by atoms with van der Waals surface area (Å²) in [4.78, 5) is 4.83. The molecule has 0 spiro atoms. The number of rotatable bonds is 2. The van der Waals surface area contributed by atoms with Crippen LogP contribution >= 0.6 is 0 Å². The van der Waals surface area contributed by atoms with Crippen molar-refractivity contribution in [2.45, 2.75) is 49.9 Å². The van der Waals surface area contributed by atoms with E-state index in [1.807, 2.05) is 0 Å². The molecule has 21 heavy (non-hydrogen) atoms. The Hall–Kier alpha value is -1.09. The quantitative estimate of drug-likeness (QED) is 0.735. The van der Waals surface area contributed by atoms with Crippen LogP contribution in [0.5, 0.6) is 0 Å². The third-order valence-electron chi connectivity index (χ3n) is 4.59. The van der Waals surface area contributed by atoms with Crippen molar-refractivity contribution >= 4 is 17.7 Å². The minimum absolute atomic E-state index is 1.17. The summed E-state index contributed by atoms with van der Waals surface area (Å²) in [5, 5.41) is 0. The van der Waals surface area contributed by atoms with Gasteiger partial charge in [-0.05, 0) is 0 Å². The van der Waals surface area contributed by atoms with Crippen LogP contribution in [0.3, 0.4) is 0 Å². The standard InChI is InChI=1S/C19H25GeN/c1-14-12-19(21-13-18(14)20(2,3)4)17-11-7-9-15-8-5-6-10-16(15)17/h7,9,11-13H,5-6,8,10H2,1-4H3. The zero-order valence-electron chi connectivity index (χ0n) is 13.7. The Morgan fingerprint density at radius 3 is 2.52 bits per heavy atom. The molecule has 1 nitrogen and oxygen atoms in total. The van der Waals surface area contributed by atoms with Crippen molar-refractivity contribution in [1.29, 1.82) is 0 Å². The second kappa shape index (κ2) is 5.60. The Labute approximate surface area is 131 Å². The fraction of sp³-hybridized carbons (Fsp3) is 0.421. The second-order valence-electron chi connectivity index (χ2n) is 7.28. The molecular formula is C19H25GeN. The Morgan fingerprint density at radius 2 is 1.81 bits per heavy atom. The molecule has 0 saturated carbocycles. The van der Waals surface area contributed by atoms with Gasteiger partial charge in [0.05, 0.1) is 0 Å². The number of aromatic nitrogens is 1. The maximum atomic E-state index is 4.83. The number of aryl methyl sites for hydroxylation is 2. The van der Waals surface area contributed by atoms with Crippen molar-refractivity contribution in [3.8, 4) is 11.3 Å². The average Bonchev–Trinajstić information content (AvgIpc) is 2.45. The van der Waals surface area contributed by atoms with Crippen LogP contribution < -0.4 is 4.40 Å². The molecule has 0 bridgehead atoms. The molecule has 1 heterocycles. The normalized spacial score (nSPS) is 14.9. The first kappa shape index (κ1) is 14.8. The zero-order chi connectivity index (χ0) is 15.0. The van der Waals surface area contributed by atoms with Gasteiger partial charge in [0.2, 0.25) is 0 Å². The summed E-state index contributed by atoms with van der Waals surface area (Å²) in [5.74, 6) is 7.32. The van der Waals surface area contributed by atoms with Crippen molar-refractivity contribution in [1.82, 2.24) is 4.98 Å². The summed E-state index contributed by atoms with van der Waals surface area (Å²) in [6.07, 6.45) is 7.26. The van der Waals surface area contributed by atoms with E-state index in [-0.39, 0.29) is 0 Å². The van der Waals surface area contributed by atoms with Gasteiger partial charge in [-0.2, -0.15) is 0 Å². The van der Waals surface area contributed by atoms with E-state index in [1.54, 1.807) is 5.56 Å². The van der Waals surface area contributed by atoms with Crippen LogP contribution in [0.1, 0.15) is 29.5 Å². The number of hydrogen-bond acceptors (Lipinski definition) is 1. The van der Waals surface area contributed by atoms with E-state index >= 15 is 0 Å². The molecule has 2 heteroatoms. The first-order valence-electron chi connectivity index (χ1n) is 8.05. The molecule has 0 atom stereocenters. The Bertz CT molecular complexity index is 668. The summed E-state index contributed by atoms with van der Waals surface area (Å²) in [7, 11) is 0. The van der Waals surface area contributed by atoms with E-state index in [2.05, 4.69) is 54.7 Å². The molecule has 0 radical (unpaired) electrons. The van der Waals surface area contributed by atoms with Crippen LogP contribution in [-0.2, 0) is 12.8 Å². The molecule has 0 amide bonds. The van der Waals surface area contributed by atoms with Gasteiger partial charge >= 0.3 is 131 Å². The Kier molecular flexibility index (Phi) is 3.96. The predicted molar refractivity (Wildman–Crippen MR) is 94.0 cm³/mol. The Balaban J connectivity index is 2.08. The maximum absolute atomic E-state index is 4.83. The fourth-order valence-corrected chi connectivity index (χ4v) is 7.09. The van der Waals surface area contributed by atoms with Gasteiger partial charge in [0, 0.05) is 0 Å². The van der Waals surface area contributed by atoms with Gasteiger partial charge in [0.15, 0.2) is 0 Å². The summed E-state index contributed by atoms with van der Waals surface area (Å²) < 4.78 is 1.53. The van der Waals surface area contributed by atoms with E-state index in [0.717, 1.165) is 0 Å². The van der Waals surface area contributed by atoms with Crippen molar-refractivity contribution in [3.05, 3.63) is 47.2 Å². The molecule has 0 aliphatic heterocycles. The van der Waals surface area contributed by atoms with E-state index in [4.69, 9.17) is 4.98 Å². The third-order valence-corrected chi connectivity index (χ3v) is 9.08. The first-order chi connectivity index (χ1) is 9.97. The summed E-state index contributed by atoms with van der Waals surface area (Å²) in [5.41, 5.74) is 7.04. The van der Waals surface area contributed by atoms with Crippen molar-refractivity contribution in [3.63, 3.8) is 0 Å². The van der Waals surface area contributed by atoms with Gasteiger partial charge in [0.1, 0.15) is 0 Å².